The third kappa shape index (κ3) is 2.34. The van der Waals surface area contributed by atoms with Crippen molar-refractivity contribution in [2.75, 3.05) is 20.1 Å². The average Bonchev–Trinajstić information content (AvgIpc) is 2.77. The van der Waals surface area contributed by atoms with Crippen molar-refractivity contribution in [3.63, 3.8) is 0 Å². The molecule has 2 aliphatic heterocycles. The first kappa shape index (κ1) is 14.9. The molecule has 3 amide bonds. The van der Waals surface area contributed by atoms with E-state index in [4.69, 9.17) is 0 Å². The zero-order chi connectivity index (χ0) is 16.0. The fraction of sp³-hybridized carbons (Fsp3) is 0.529. The van der Waals surface area contributed by atoms with E-state index in [9.17, 15) is 9.59 Å². The van der Waals surface area contributed by atoms with E-state index in [1.165, 1.54) is 16.7 Å². The Bertz CT molecular complexity index is 628. The van der Waals surface area contributed by atoms with Crippen molar-refractivity contribution in [2.24, 2.45) is 0 Å². The summed E-state index contributed by atoms with van der Waals surface area (Å²) in [6.45, 7) is 7.89. The van der Waals surface area contributed by atoms with Gasteiger partial charge in [0.15, 0.2) is 0 Å². The van der Waals surface area contributed by atoms with Gasteiger partial charge >= 0.3 is 6.03 Å². The van der Waals surface area contributed by atoms with E-state index in [-0.39, 0.29) is 24.0 Å². The van der Waals surface area contributed by atoms with E-state index in [0.29, 0.717) is 19.6 Å². The van der Waals surface area contributed by atoms with Crippen LogP contribution in [0, 0.1) is 13.8 Å². The average molecular weight is 301 g/mol. The first-order valence-electron chi connectivity index (χ1n) is 7.77. The molecule has 0 unspecified atom stereocenters. The molecule has 118 valence electrons. The van der Waals surface area contributed by atoms with Crippen molar-refractivity contribution in [3.8, 4) is 0 Å². The molecule has 2 fully saturated rings. The quantitative estimate of drug-likeness (QED) is 0.835. The summed E-state index contributed by atoms with van der Waals surface area (Å²) in [6, 6.07) is 6.05. The number of rotatable bonds is 2. The molecule has 0 bridgehead atoms. The smallest absolute Gasteiger partial charge is 0.321 e. The monoisotopic (exact) mass is 301 g/mol. The fourth-order valence-electron chi connectivity index (χ4n) is 3.52. The molecule has 2 heterocycles. The van der Waals surface area contributed by atoms with Crippen molar-refractivity contribution in [1.82, 2.24) is 14.7 Å². The van der Waals surface area contributed by atoms with Gasteiger partial charge in [0.05, 0.1) is 6.04 Å². The van der Waals surface area contributed by atoms with E-state index in [0.717, 1.165) is 0 Å². The predicted molar refractivity (Wildman–Crippen MR) is 84.4 cm³/mol. The lowest BCUT2D eigenvalue weighted by molar-refractivity contribution is -0.139. The van der Waals surface area contributed by atoms with Gasteiger partial charge in [-0.1, -0.05) is 23.8 Å². The Morgan fingerprint density at radius 3 is 2.64 bits per heavy atom. The van der Waals surface area contributed by atoms with Crippen LogP contribution < -0.4 is 0 Å². The van der Waals surface area contributed by atoms with Crippen LogP contribution in [0.5, 0.6) is 0 Å². The number of piperazine rings is 1. The lowest BCUT2D eigenvalue weighted by Gasteiger charge is -2.38. The van der Waals surface area contributed by atoms with Gasteiger partial charge in [-0.3, -0.25) is 4.79 Å². The van der Waals surface area contributed by atoms with Gasteiger partial charge in [-0.05, 0) is 31.9 Å². The van der Waals surface area contributed by atoms with E-state index in [2.05, 4.69) is 32.0 Å². The Morgan fingerprint density at radius 1 is 1.18 bits per heavy atom. The molecule has 5 heteroatoms. The maximum atomic E-state index is 12.7. The molecule has 2 saturated heterocycles. The number of aryl methyl sites for hydroxylation is 2. The number of carbonyl (C=O) groups excluding carboxylic acids is 2. The predicted octanol–water partition coefficient (Wildman–Crippen LogP) is 1.77. The topological polar surface area (TPSA) is 43.9 Å². The number of hydrogen-bond acceptors (Lipinski definition) is 2. The molecule has 3 rings (SSSR count). The maximum Gasteiger partial charge on any atom is 0.321 e. The van der Waals surface area contributed by atoms with Gasteiger partial charge < -0.3 is 14.7 Å². The van der Waals surface area contributed by atoms with Gasteiger partial charge in [-0.25, -0.2) is 4.79 Å². The summed E-state index contributed by atoms with van der Waals surface area (Å²) in [5, 5.41) is 0. The molecule has 0 N–H and O–H groups in total. The van der Waals surface area contributed by atoms with E-state index in [1.807, 2.05) is 18.9 Å². The number of carbonyl (C=O) groups is 2. The number of hydrogen-bond donors (Lipinski definition) is 0. The van der Waals surface area contributed by atoms with E-state index < -0.39 is 0 Å². The highest BCUT2D eigenvalue weighted by Gasteiger charge is 2.46. The third-order valence-electron chi connectivity index (χ3n) is 4.82. The summed E-state index contributed by atoms with van der Waals surface area (Å²) in [5.74, 6) is 0.0261. The minimum Gasteiger partial charge on any atom is -0.342 e. The molecule has 1 aromatic carbocycles. The van der Waals surface area contributed by atoms with Crippen molar-refractivity contribution in [3.05, 3.63) is 34.9 Å². The van der Waals surface area contributed by atoms with Gasteiger partial charge in [0, 0.05) is 26.7 Å². The minimum atomic E-state index is -0.361. The van der Waals surface area contributed by atoms with Crippen LogP contribution in [0.2, 0.25) is 0 Å². The second-order valence-corrected chi connectivity index (χ2v) is 6.55. The van der Waals surface area contributed by atoms with Crippen molar-refractivity contribution in [2.45, 2.75) is 39.4 Å². The molecule has 2 atom stereocenters. The van der Waals surface area contributed by atoms with Crippen LogP contribution in [0.1, 0.15) is 23.6 Å². The highest BCUT2D eigenvalue weighted by molar-refractivity contribution is 5.89. The first-order chi connectivity index (χ1) is 10.4. The minimum absolute atomic E-state index is 0.0140. The highest BCUT2D eigenvalue weighted by Crippen LogP contribution is 2.26. The Labute approximate surface area is 131 Å². The fourth-order valence-corrected chi connectivity index (χ4v) is 3.52. The summed E-state index contributed by atoms with van der Waals surface area (Å²) in [5.41, 5.74) is 3.58. The SMILES string of the molecule is Cc1ccc(C)c(CN2C[C@H]3CN(C)C(=O)[C@H](C)N3C2=O)c1. The maximum absolute atomic E-state index is 12.7. The van der Waals surface area contributed by atoms with Crippen LogP contribution in [-0.4, -0.2) is 58.9 Å². The molecule has 0 spiro atoms. The van der Waals surface area contributed by atoms with Gasteiger partial charge in [0.25, 0.3) is 0 Å². The molecule has 0 saturated carbocycles. The molecule has 0 radical (unpaired) electrons. The Hall–Kier alpha value is -2.04. The molecule has 0 aromatic heterocycles. The first-order valence-corrected chi connectivity index (χ1v) is 7.77. The van der Waals surface area contributed by atoms with Crippen LogP contribution in [0.15, 0.2) is 18.2 Å². The largest absolute Gasteiger partial charge is 0.342 e. The van der Waals surface area contributed by atoms with Crippen molar-refractivity contribution >= 4 is 11.9 Å². The molecular formula is C17H23N3O2. The van der Waals surface area contributed by atoms with Gasteiger partial charge in [0.2, 0.25) is 5.91 Å². The third-order valence-corrected chi connectivity index (χ3v) is 4.82. The highest BCUT2D eigenvalue weighted by atomic mass is 16.2. The van der Waals surface area contributed by atoms with Crippen molar-refractivity contribution < 1.29 is 9.59 Å². The number of fused-ring (bicyclic) bond motifs is 1. The summed E-state index contributed by atoms with van der Waals surface area (Å²) in [4.78, 5) is 30.1. The lowest BCUT2D eigenvalue weighted by atomic mass is 10.1. The van der Waals surface area contributed by atoms with E-state index in [1.54, 1.807) is 9.80 Å². The molecule has 1 aromatic rings. The van der Waals surface area contributed by atoms with Crippen LogP contribution in [0.4, 0.5) is 4.79 Å². The molecule has 2 aliphatic rings. The van der Waals surface area contributed by atoms with Gasteiger partial charge in [0.1, 0.15) is 6.04 Å². The molecule has 22 heavy (non-hydrogen) atoms. The van der Waals surface area contributed by atoms with Crippen molar-refractivity contribution in [1.29, 1.82) is 0 Å². The second-order valence-electron chi connectivity index (χ2n) is 6.55. The Morgan fingerprint density at radius 2 is 1.91 bits per heavy atom. The molecule has 5 nitrogen and oxygen atoms in total. The van der Waals surface area contributed by atoms with Crippen LogP contribution in [0.3, 0.4) is 0 Å². The zero-order valence-electron chi connectivity index (χ0n) is 13.7. The normalized spacial score (nSPS) is 25.0. The van der Waals surface area contributed by atoms with Crippen LogP contribution >= 0.6 is 0 Å². The number of amides is 3. The lowest BCUT2D eigenvalue weighted by Crippen LogP contribution is -2.58. The second kappa shape index (κ2) is 5.30. The number of likely N-dealkylation sites (N-methyl/N-ethyl adjacent to an activating group) is 1. The summed E-state index contributed by atoms with van der Waals surface area (Å²) < 4.78 is 0. The number of benzene rings is 1. The summed E-state index contributed by atoms with van der Waals surface area (Å²) in [7, 11) is 1.81. The molecule has 0 aliphatic carbocycles. The van der Waals surface area contributed by atoms with Crippen LogP contribution in [-0.2, 0) is 11.3 Å². The summed E-state index contributed by atoms with van der Waals surface area (Å²) >= 11 is 0. The Balaban J connectivity index is 1.81. The number of nitrogens with zero attached hydrogens (tertiary/aromatic N) is 3. The van der Waals surface area contributed by atoms with Crippen LogP contribution in [0.25, 0.3) is 0 Å². The standard InChI is InChI=1S/C17H23N3O2/c1-11-5-6-12(2)14(7-11)8-19-10-15-9-18(4)16(21)13(3)20(15)17(19)22/h5-7,13,15H,8-10H2,1-4H3/t13-,15+/m0/s1. The number of urea groups is 1. The zero-order valence-corrected chi connectivity index (χ0v) is 13.7. The Kier molecular flexibility index (Phi) is 3.59. The van der Waals surface area contributed by atoms with E-state index >= 15 is 0 Å². The van der Waals surface area contributed by atoms with Gasteiger partial charge in [-0.2, -0.15) is 0 Å². The van der Waals surface area contributed by atoms with Gasteiger partial charge in [-0.15, -0.1) is 0 Å². The molecular weight excluding hydrogens is 278 g/mol. The summed E-state index contributed by atoms with van der Waals surface area (Å²) in [6.07, 6.45) is 0.